The van der Waals surface area contributed by atoms with Crippen LogP contribution < -0.4 is 10.3 Å². The molecule has 1 atom stereocenters. The molecule has 0 bridgehead atoms. The highest BCUT2D eigenvalue weighted by atomic mass is 32.2. The van der Waals surface area contributed by atoms with E-state index in [4.69, 9.17) is 9.72 Å². The van der Waals surface area contributed by atoms with Crippen LogP contribution in [0.2, 0.25) is 0 Å². The normalized spacial score (nSPS) is 12.6. The van der Waals surface area contributed by atoms with Gasteiger partial charge in [-0.2, -0.15) is 0 Å². The van der Waals surface area contributed by atoms with Crippen LogP contribution in [-0.2, 0) is 0 Å². The molecule has 4 rings (SSSR count). The Bertz CT molecular complexity index is 1160. The van der Waals surface area contributed by atoms with Crippen molar-refractivity contribution in [2.24, 2.45) is 0 Å². The molecular weight excluding hydrogens is 358 g/mol. The predicted molar refractivity (Wildman–Crippen MR) is 111 cm³/mol. The minimum atomic E-state index is -0.0906. The highest BCUT2D eigenvalue weighted by Gasteiger charge is 2.18. The molecule has 5 nitrogen and oxygen atoms in total. The standard InChI is InChI=1S/C21H21N3O2S/c1-4-13(2)27-21-23-18-16-7-5-6-8-17(16)22-19(18)20(25)24(21)14-9-11-15(26-3)12-10-14/h5-13,22H,4H2,1-3H3/t13-/m1/s1. The van der Waals surface area contributed by atoms with Gasteiger partial charge in [0.15, 0.2) is 5.16 Å². The first-order valence-electron chi connectivity index (χ1n) is 8.97. The van der Waals surface area contributed by atoms with Crippen LogP contribution in [0, 0.1) is 0 Å². The Morgan fingerprint density at radius 3 is 2.63 bits per heavy atom. The van der Waals surface area contributed by atoms with E-state index in [2.05, 4.69) is 18.8 Å². The summed E-state index contributed by atoms with van der Waals surface area (Å²) in [4.78, 5) is 21.5. The van der Waals surface area contributed by atoms with Crippen LogP contribution in [0.4, 0.5) is 0 Å². The van der Waals surface area contributed by atoms with E-state index in [9.17, 15) is 4.79 Å². The van der Waals surface area contributed by atoms with Crippen molar-refractivity contribution in [1.29, 1.82) is 0 Å². The van der Waals surface area contributed by atoms with Crippen molar-refractivity contribution < 1.29 is 4.74 Å². The lowest BCUT2D eigenvalue weighted by Gasteiger charge is -2.15. The zero-order valence-corrected chi connectivity index (χ0v) is 16.3. The SMILES string of the molecule is CC[C@@H](C)Sc1nc2c([nH]c3ccccc32)c(=O)n1-c1ccc(OC)cc1. The van der Waals surface area contributed by atoms with E-state index in [1.54, 1.807) is 23.4 Å². The van der Waals surface area contributed by atoms with Crippen molar-refractivity contribution in [1.82, 2.24) is 14.5 Å². The number of para-hydroxylation sites is 1. The molecule has 2 heterocycles. The van der Waals surface area contributed by atoms with Gasteiger partial charge in [0.2, 0.25) is 0 Å². The summed E-state index contributed by atoms with van der Waals surface area (Å²) < 4.78 is 6.93. The molecule has 1 N–H and O–H groups in total. The second-order valence-corrected chi connectivity index (χ2v) is 7.87. The second-order valence-electron chi connectivity index (χ2n) is 6.46. The van der Waals surface area contributed by atoms with E-state index in [0.29, 0.717) is 15.9 Å². The zero-order valence-electron chi connectivity index (χ0n) is 15.5. The van der Waals surface area contributed by atoms with Crippen LogP contribution >= 0.6 is 11.8 Å². The maximum absolute atomic E-state index is 13.4. The molecule has 6 heteroatoms. The number of hydrogen-bond acceptors (Lipinski definition) is 4. The fourth-order valence-corrected chi connectivity index (χ4v) is 4.01. The van der Waals surface area contributed by atoms with Crippen molar-refractivity contribution in [3.63, 3.8) is 0 Å². The van der Waals surface area contributed by atoms with Gasteiger partial charge in [-0.1, -0.05) is 43.8 Å². The number of thioether (sulfide) groups is 1. The maximum Gasteiger partial charge on any atom is 0.283 e. The van der Waals surface area contributed by atoms with Gasteiger partial charge in [0.05, 0.1) is 12.8 Å². The van der Waals surface area contributed by atoms with Gasteiger partial charge in [-0.3, -0.25) is 9.36 Å². The molecule has 0 fully saturated rings. The first-order valence-corrected chi connectivity index (χ1v) is 9.85. The van der Waals surface area contributed by atoms with E-state index in [1.165, 1.54) is 0 Å². The zero-order chi connectivity index (χ0) is 19.0. The molecule has 4 aromatic rings. The van der Waals surface area contributed by atoms with Gasteiger partial charge in [-0.25, -0.2) is 4.98 Å². The summed E-state index contributed by atoms with van der Waals surface area (Å²) in [5.74, 6) is 0.752. The minimum absolute atomic E-state index is 0.0906. The summed E-state index contributed by atoms with van der Waals surface area (Å²) in [5.41, 5.74) is 2.86. The van der Waals surface area contributed by atoms with Crippen LogP contribution in [0.5, 0.6) is 5.75 Å². The topological polar surface area (TPSA) is 59.9 Å². The van der Waals surface area contributed by atoms with E-state index >= 15 is 0 Å². The molecule has 0 unspecified atom stereocenters. The predicted octanol–water partition coefficient (Wildman–Crippen LogP) is 4.77. The average Bonchev–Trinajstić information content (AvgIpc) is 3.07. The molecule has 0 aliphatic rings. The number of aromatic nitrogens is 3. The lowest BCUT2D eigenvalue weighted by Crippen LogP contribution is -2.22. The number of aromatic amines is 1. The summed E-state index contributed by atoms with van der Waals surface area (Å²) >= 11 is 1.62. The van der Waals surface area contributed by atoms with Crippen molar-refractivity contribution in [3.05, 3.63) is 58.9 Å². The molecule has 0 spiro atoms. The third-order valence-corrected chi connectivity index (χ3v) is 5.93. The summed E-state index contributed by atoms with van der Waals surface area (Å²) in [6, 6.07) is 15.4. The van der Waals surface area contributed by atoms with Gasteiger partial charge in [0, 0.05) is 16.2 Å². The Balaban J connectivity index is 2.01. The molecule has 0 aliphatic heterocycles. The van der Waals surface area contributed by atoms with E-state index in [-0.39, 0.29) is 5.56 Å². The molecule has 0 amide bonds. The first kappa shape index (κ1) is 17.7. The summed E-state index contributed by atoms with van der Waals surface area (Å²) in [7, 11) is 1.63. The summed E-state index contributed by atoms with van der Waals surface area (Å²) in [5, 5.41) is 2.03. The van der Waals surface area contributed by atoms with Crippen LogP contribution in [0.1, 0.15) is 20.3 Å². The largest absolute Gasteiger partial charge is 0.497 e. The summed E-state index contributed by atoms with van der Waals surface area (Å²) in [6.07, 6.45) is 0.995. The smallest absolute Gasteiger partial charge is 0.283 e. The van der Waals surface area contributed by atoms with Crippen molar-refractivity contribution >= 4 is 33.7 Å². The van der Waals surface area contributed by atoms with Gasteiger partial charge < -0.3 is 9.72 Å². The third kappa shape index (κ3) is 3.10. The van der Waals surface area contributed by atoms with Crippen LogP contribution in [0.15, 0.2) is 58.5 Å². The van der Waals surface area contributed by atoms with E-state index in [1.807, 2.05) is 48.5 Å². The van der Waals surface area contributed by atoms with Gasteiger partial charge in [0.1, 0.15) is 16.8 Å². The quantitative estimate of drug-likeness (QED) is 0.401. The number of rotatable bonds is 5. The number of nitrogens with zero attached hydrogens (tertiary/aromatic N) is 2. The van der Waals surface area contributed by atoms with E-state index in [0.717, 1.165) is 34.3 Å². The van der Waals surface area contributed by atoms with Crippen molar-refractivity contribution in [2.45, 2.75) is 30.7 Å². The van der Waals surface area contributed by atoms with Gasteiger partial charge in [-0.15, -0.1) is 0 Å². The second kappa shape index (κ2) is 7.12. The average molecular weight is 379 g/mol. The highest BCUT2D eigenvalue weighted by molar-refractivity contribution is 7.99. The molecule has 0 saturated carbocycles. The van der Waals surface area contributed by atoms with Crippen molar-refractivity contribution in [2.75, 3.05) is 7.11 Å². The third-order valence-electron chi connectivity index (χ3n) is 4.71. The number of ether oxygens (including phenoxy) is 1. The van der Waals surface area contributed by atoms with Crippen LogP contribution in [0.3, 0.4) is 0 Å². The van der Waals surface area contributed by atoms with Crippen molar-refractivity contribution in [3.8, 4) is 11.4 Å². The summed E-state index contributed by atoms with van der Waals surface area (Å²) in [6.45, 7) is 4.28. The number of fused-ring (bicyclic) bond motifs is 3. The maximum atomic E-state index is 13.4. The Morgan fingerprint density at radius 1 is 1.19 bits per heavy atom. The lowest BCUT2D eigenvalue weighted by atomic mass is 10.2. The van der Waals surface area contributed by atoms with Crippen LogP contribution in [0.25, 0.3) is 27.6 Å². The lowest BCUT2D eigenvalue weighted by molar-refractivity contribution is 0.414. The Hall–Kier alpha value is -2.73. The number of benzene rings is 2. The van der Waals surface area contributed by atoms with Gasteiger partial charge >= 0.3 is 0 Å². The number of hydrogen-bond donors (Lipinski definition) is 1. The minimum Gasteiger partial charge on any atom is -0.497 e. The fraction of sp³-hybridized carbons (Fsp3) is 0.238. The monoisotopic (exact) mass is 379 g/mol. The Labute approximate surface area is 161 Å². The molecule has 27 heavy (non-hydrogen) atoms. The fourth-order valence-electron chi connectivity index (χ4n) is 3.04. The Kier molecular flexibility index (Phi) is 4.66. The molecule has 0 saturated heterocycles. The highest BCUT2D eigenvalue weighted by Crippen LogP contribution is 2.29. The van der Waals surface area contributed by atoms with Gasteiger partial charge in [-0.05, 0) is 36.8 Å². The number of H-pyrrole nitrogens is 1. The molecule has 138 valence electrons. The molecular formula is C21H21N3O2S. The molecule has 2 aromatic carbocycles. The number of nitrogens with one attached hydrogen (secondary N) is 1. The van der Waals surface area contributed by atoms with Crippen LogP contribution in [-0.4, -0.2) is 26.9 Å². The van der Waals surface area contributed by atoms with Gasteiger partial charge in [0.25, 0.3) is 5.56 Å². The van der Waals surface area contributed by atoms with E-state index < -0.39 is 0 Å². The molecule has 2 aromatic heterocycles. The molecule has 0 radical (unpaired) electrons. The Morgan fingerprint density at radius 2 is 1.93 bits per heavy atom. The number of methoxy groups -OCH3 is 1. The molecule has 0 aliphatic carbocycles. The first-order chi connectivity index (χ1) is 13.1.